The fourth-order valence-corrected chi connectivity index (χ4v) is 4.67. The summed E-state index contributed by atoms with van der Waals surface area (Å²) >= 11 is 0. The third-order valence-corrected chi connectivity index (χ3v) is 6.40. The SMILES string of the molecule is COc1ccc([C@H]2C(C#N)=C(N=CN3CCCC3)Oc3c2c(C)nn3-c2ccccc2)cc1OC. The molecule has 2 aliphatic heterocycles. The summed E-state index contributed by atoms with van der Waals surface area (Å²) < 4.78 is 19.1. The molecule has 1 atom stereocenters. The van der Waals surface area contributed by atoms with Crippen molar-refractivity contribution in [2.45, 2.75) is 25.7 Å². The average Bonchev–Trinajstić information content (AvgIpc) is 3.54. The maximum Gasteiger partial charge on any atom is 0.237 e. The summed E-state index contributed by atoms with van der Waals surface area (Å²) in [6.07, 6.45) is 4.05. The van der Waals surface area contributed by atoms with Gasteiger partial charge in [-0.15, -0.1) is 0 Å². The van der Waals surface area contributed by atoms with Gasteiger partial charge < -0.3 is 19.1 Å². The van der Waals surface area contributed by atoms with E-state index in [2.05, 4.69) is 16.0 Å². The third-order valence-electron chi connectivity index (χ3n) is 6.40. The molecule has 8 nitrogen and oxygen atoms in total. The van der Waals surface area contributed by atoms with E-state index in [1.807, 2.05) is 55.5 Å². The molecule has 0 radical (unpaired) electrons. The summed E-state index contributed by atoms with van der Waals surface area (Å²) in [4.78, 5) is 6.80. The number of ether oxygens (including phenoxy) is 3. The number of aromatic nitrogens is 2. The van der Waals surface area contributed by atoms with Gasteiger partial charge in [-0.3, -0.25) is 0 Å². The molecule has 8 heteroatoms. The molecular formula is C27H27N5O3. The quantitative estimate of drug-likeness (QED) is 0.388. The molecule has 0 N–H and O–H groups in total. The number of likely N-dealkylation sites (tertiary alicyclic amines) is 1. The minimum atomic E-state index is -0.424. The van der Waals surface area contributed by atoms with E-state index < -0.39 is 5.92 Å². The van der Waals surface area contributed by atoms with Crippen LogP contribution in [-0.2, 0) is 0 Å². The van der Waals surface area contributed by atoms with Gasteiger partial charge in [0.1, 0.15) is 11.6 Å². The zero-order valence-corrected chi connectivity index (χ0v) is 20.1. The van der Waals surface area contributed by atoms with Crippen LogP contribution in [0, 0.1) is 18.3 Å². The monoisotopic (exact) mass is 469 g/mol. The van der Waals surface area contributed by atoms with Gasteiger partial charge in [-0.25, -0.2) is 9.67 Å². The Balaban J connectivity index is 1.70. The second-order valence-electron chi connectivity index (χ2n) is 8.52. The number of nitriles is 1. The summed E-state index contributed by atoms with van der Waals surface area (Å²) in [6, 6.07) is 17.9. The van der Waals surface area contributed by atoms with Gasteiger partial charge in [0.2, 0.25) is 11.8 Å². The molecule has 0 bridgehead atoms. The highest BCUT2D eigenvalue weighted by atomic mass is 16.5. The Morgan fingerprint density at radius 3 is 2.51 bits per heavy atom. The number of methoxy groups -OCH3 is 2. The Morgan fingerprint density at radius 1 is 1.09 bits per heavy atom. The maximum absolute atomic E-state index is 10.3. The number of aliphatic imine (C=N–C) groups is 1. The first kappa shape index (κ1) is 22.5. The maximum atomic E-state index is 10.3. The molecule has 1 aromatic heterocycles. The summed E-state index contributed by atoms with van der Waals surface area (Å²) in [5.74, 6) is 1.62. The first-order chi connectivity index (χ1) is 17.1. The normalized spacial score (nSPS) is 17.3. The molecule has 0 saturated carbocycles. The summed E-state index contributed by atoms with van der Waals surface area (Å²) in [6.45, 7) is 3.83. The molecule has 0 aliphatic carbocycles. The molecule has 2 aromatic carbocycles. The van der Waals surface area contributed by atoms with E-state index in [1.165, 1.54) is 0 Å². The lowest BCUT2D eigenvalue weighted by Crippen LogP contribution is -2.20. The summed E-state index contributed by atoms with van der Waals surface area (Å²) in [7, 11) is 3.20. The molecule has 0 amide bonds. The van der Waals surface area contributed by atoms with Crippen LogP contribution in [0.4, 0.5) is 0 Å². The lowest BCUT2D eigenvalue weighted by atomic mass is 9.84. The molecule has 35 heavy (non-hydrogen) atoms. The van der Waals surface area contributed by atoms with Crippen LogP contribution in [0.1, 0.15) is 35.6 Å². The average molecular weight is 470 g/mol. The van der Waals surface area contributed by atoms with Crippen LogP contribution in [0.25, 0.3) is 5.69 Å². The minimum absolute atomic E-state index is 0.281. The van der Waals surface area contributed by atoms with E-state index in [0.717, 1.165) is 48.4 Å². The molecule has 1 saturated heterocycles. The summed E-state index contributed by atoms with van der Waals surface area (Å²) in [5.41, 5.74) is 3.77. The number of aryl methyl sites for hydroxylation is 1. The highest BCUT2D eigenvalue weighted by Gasteiger charge is 2.37. The van der Waals surface area contributed by atoms with E-state index in [9.17, 15) is 5.26 Å². The number of fused-ring (bicyclic) bond motifs is 1. The van der Waals surface area contributed by atoms with E-state index in [1.54, 1.807) is 25.2 Å². The van der Waals surface area contributed by atoms with Crippen molar-refractivity contribution in [3.05, 3.63) is 76.8 Å². The van der Waals surface area contributed by atoms with Crippen LogP contribution in [-0.4, -0.2) is 48.3 Å². The van der Waals surface area contributed by atoms with Crippen molar-refractivity contribution < 1.29 is 14.2 Å². The van der Waals surface area contributed by atoms with Crippen molar-refractivity contribution in [1.29, 1.82) is 5.26 Å². The smallest absolute Gasteiger partial charge is 0.237 e. The predicted octanol–water partition coefficient (Wildman–Crippen LogP) is 4.58. The Labute approximate surface area is 204 Å². The van der Waals surface area contributed by atoms with Crippen LogP contribution >= 0.6 is 0 Å². The Bertz CT molecular complexity index is 1330. The number of allylic oxidation sites excluding steroid dienone is 1. The molecule has 3 heterocycles. The van der Waals surface area contributed by atoms with Crippen LogP contribution in [0.3, 0.4) is 0 Å². The molecule has 1 fully saturated rings. The fraction of sp³-hybridized carbons (Fsp3) is 0.296. The highest BCUT2D eigenvalue weighted by molar-refractivity contribution is 5.62. The number of nitrogens with zero attached hydrogens (tertiary/aromatic N) is 5. The van der Waals surface area contributed by atoms with Crippen LogP contribution < -0.4 is 14.2 Å². The van der Waals surface area contributed by atoms with Gasteiger partial charge in [-0.1, -0.05) is 24.3 Å². The lowest BCUT2D eigenvalue weighted by Gasteiger charge is -2.25. The first-order valence-corrected chi connectivity index (χ1v) is 11.6. The van der Waals surface area contributed by atoms with Crippen molar-refractivity contribution >= 4 is 6.34 Å². The molecule has 0 unspecified atom stereocenters. The minimum Gasteiger partial charge on any atom is -0.493 e. The predicted molar refractivity (Wildman–Crippen MR) is 132 cm³/mol. The van der Waals surface area contributed by atoms with E-state index in [-0.39, 0.29) is 5.88 Å². The van der Waals surface area contributed by atoms with Gasteiger partial charge in [0.05, 0.1) is 43.4 Å². The molecule has 5 rings (SSSR count). The van der Waals surface area contributed by atoms with Gasteiger partial charge in [-0.05, 0) is 49.6 Å². The summed E-state index contributed by atoms with van der Waals surface area (Å²) in [5, 5.41) is 15.1. The van der Waals surface area contributed by atoms with Crippen LogP contribution in [0.5, 0.6) is 17.4 Å². The zero-order valence-electron chi connectivity index (χ0n) is 20.1. The van der Waals surface area contributed by atoms with Crippen molar-refractivity contribution in [2.75, 3.05) is 27.3 Å². The van der Waals surface area contributed by atoms with Gasteiger partial charge >= 0.3 is 0 Å². The van der Waals surface area contributed by atoms with E-state index in [4.69, 9.17) is 19.3 Å². The third kappa shape index (κ3) is 4.10. The van der Waals surface area contributed by atoms with E-state index in [0.29, 0.717) is 23.0 Å². The number of para-hydroxylation sites is 1. The highest BCUT2D eigenvalue weighted by Crippen LogP contribution is 2.47. The molecular weight excluding hydrogens is 442 g/mol. The molecule has 0 spiro atoms. The number of hydrogen-bond donors (Lipinski definition) is 0. The zero-order chi connectivity index (χ0) is 24.4. The molecule has 2 aliphatic rings. The van der Waals surface area contributed by atoms with E-state index >= 15 is 0 Å². The Hall–Kier alpha value is -4.25. The molecule has 178 valence electrons. The second kappa shape index (κ2) is 9.55. The topological polar surface area (TPSA) is 84.9 Å². The van der Waals surface area contributed by atoms with Crippen molar-refractivity contribution in [1.82, 2.24) is 14.7 Å². The second-order valence-corrected chi connectivity index (χ2v) is 8.52. The number of rotatable bonds is 6. The number of hydrogen-bond acceptors (Lipinski definition) is 6. The first-order valence-electron chi connectivity index (χ1n) is 11.6. The molecule has 3 aromatic rings. The van der Waals surface area contributed by atoms with Crippen molar-refractivity contribution in [3.8, 4) is 29.1 Å². The Morgan fingerprint density at radius 2 is 1.83 bits per heavy atom. The van der Waals surface area contributed by atoms with Gasteiger partial charge in [0, 0.05) is 13.1 Å². The van der Waals surface area contributed by atoms with Gasteiger partial charge in [-0.2, -0.15) is 10.4 Å². The number of benzene rings is 2. The van der Waals surface area contributed by atoms with Crippen molar-refractivity contribution in [2.24, 2.45) is 4.99 Å². The Kier molecular flexibility index (Phi) is 6.15. The van der Waals surface area contributed by atoms with Crippen LogP contribution in [0.15, 0.2) is 65.0 Å². The van der Waals surface area contributed by atoms with Crippen LogP contribution in [0.2, 0.25) is 0 Å². The van der Waals surface area contributed by atoms with Crippen molar-refractivity contribution in [3.63, 3.8) is 0 Å². The fourth-order valence-electron chi connectivity index (χ4n) is 4.67. The van der Waals surface area contributed by atoms with Gasteiger partial charge in [0.25, 0.3) is 0 Å². The standard InChI is InChI=1S/C27H27N5O3/c1-18-24-25(19-11-12-22(33-2)23(15-19)34-3)21(16-28)26(29-17-31-13-7-8-14-31)35-27(24)32(30-18)20-9-5-4-6-10-20/h4-6,9-12,15,17,25H,7-8,13-14H2,1-3H3/t25-/m0/s1. The lowest BCUT2D eigenvalue weighted by molar-refractivity contribution is 0.353. The largest absolute Gasteiger partial charge is 0.493 e. The van der Waals surface area contributed by atoms with Gasteiger partial charge in [0.15, 0.2) is 11.5 Å².